The maximum atomic E-state index is 5.28. The molecule has 0 aliphatic rings. The van der Waals surface area contributed by atoms with Crippen molar-refractivity contribution in [3.05, 3.63) is 60.7 Å². The van der Waals surface area contributed by atoms with Crippen LogP contribution in [0.4, 0.5) is 0 Å². The number of nitrogens with one attached hydrogen (secondary N) is 1. The molecule has 0 spiro atoms. The first-order valence-electron chi connectivity index (χ1n) is 7.18. The molecule has 1 aromatic heterocycles. The van der Waals surface area contributed by atoms with E-state index in [9.17, 15) is 0 Å². The minimum Gasteiger partial charge on any atom is -0.339 e. The SMILES string of the molecule is C#CCNCCn1c(-c2ccccc2)cc2ccccc21. The molecule has 2 aromatic carbocycles. The number of para-hydroxylation sites is 1. The van der Waals surface area contributed by atoms with Gasteiger partial charge in [0, 0.05) is 29.7 Å². The Morgan fingerprint density at radius 3 is 2.57 bits per heavy atom. The smallest absolute Gasteiger partial charge is 0.0574 e. The normalized spacial score (nSPS) is 10.6. The van der Waals surface area contributed by atoms with E-state index in [1.165, 1.54) is 22.2 Å². The summed E-state index contributed by atoms with van der Waals surface area (Å²) in [7, 11) is 0. The number of benzene rings is 2. The third-order valence-electron chi connectivity index (χ3n) is 3.62. The molecule has 0 aliphatic heterocycles. The summed E-state index contributed by atoms with van der Waals surface area (Å²) in [5.41, 5.74) is 3.75. The quantitative estimate of drug-likeness (QED) is 0.556. The van der Waals surface area contributed by atoms with Crippen molar-refractivity contribution in [1.29, 1.82) is 0 Å². The first-order valence-corrected chi connectivity index (χ1v) is 7.18. The fraction of sp³-hybridized carbons (Fsp3) is 0.158. The lowest BCUT2D eigenvalue weighted by atomic mass is 10.1. The lowest BCUT2D eigenvalue weighted by Crippen LogP contribution is -2.20. The van der Waals surface area contributed by atoms with E-state index in [2.05, 4.69) is 70.4 Å². The molecule has 0 saturated heterocycles. The highest BCUT2D eigenvalue weighted by atomic mass is 15.0. The van der Waals surface area contributed by atoms with Crippen LogP contribution < -0.4 is 5.32 Å². The van der Waals surface area contributed by atoms with Crippen molar-refractivity contribution < 1.29 is 0 Å². The summed E-state index contributed by atoms with van der Waals surface area (Å²) in [5, 5.41) is 4.53. The van der Waals surface area contributed by atoms with Gasteiger partial charge in [-0.2, -0.15) is 0 Å². The number of hydrogen-bond donors (Lipinski definition) is 1. The van der Waals surface area contributed by atoms with Gasteiger partial charge >= 0.3 is 0 Å². The zero-order chi connectivity index (χ0) is 14.5. The Morgan fingerprint density at radius 1 is 1.00 bits per heavy atom. The van der Waals surface area contributed by atoms with Gasteiger partial charge in [0.1, 0.15) is 0 Å². The molecule has 2 nitrogen and oxygen atoms in total. The molecule has 0 unspecified atom stereocenters. The van der Waals surface area contributed by atoms with Gasteiger partial charge in [0.25, 0.3) is 0 Å². The highest BCUT2D eigenvalue weighted by Gasteiger charge is 2.09. The van der Waals surface area contributed by atoms with Crippen LogP contribution in [0.5, 0.6) is 0 Å². The lowest BCUT2D eigenvalue weighted by molar-refractivity contribution is 0.648. The summed E-state index contributed by atoms with van der Waals surface area (Å²) in [4.78, 5) is 0. The lowest BCUT2D eigenvalue weighted by Gasteiger charge is -2.11. The van der Waals surface area contributed by atoms with E-state index in [-0.39, 0.29) is 0 Å². The molecule has 2 heteroatoms. The Labute approximate surface area is 125 Å². The summed E-state index contributed by atoms with van der Waals surface area (Å²) in [6.07, 6.45) is 5.28. The van der Waals surface area contributed by atoms with Gasteiger partial charge in [-0.15, -0.1) is 6.42 Å². The Hall–Kier alpha value is -2.50. The van der Waals surface area contributed by atoms with Crippen LogP contribution in [0, 0.1) is 12.3 Å². The maximum Gasteiger partial charge on any atom is 0.0574 e. The van der Waals surface area contributed by atoms with Crippen LogP contribution >= 0.6 is 0 Å². The molecule has 104 valence electrons. The number of rotatable bonds is 5. The van der Waals surface area contributed by atoms with E-state index in [0.29, 0.717) is 6.54 Å². The van der Waals surface area contributed by atoms with Gasteiger partial charge in [0.2, 0.25) is 0 Å². The summed E-state index contributed by atoms with van der Waals surface area (Å²) in [5.74, 6) is 2.61. The van der Waals surface area contributed by atoms with Gasteiger partial charge in [-0.25, -0.2) is 0 Å². The highest BCUT2D eigenvalue weighted by Crippen LogP contribution is 2.27. The van der Waals surface area contributed by atoms with Gasteiger partial charge in [-0.1, -0.05) is 54.5 Å². The predicted octanol–water partition coefficient (Wildman–Crippen LogP) is 3.53. The van der Waals surface area contributed by atoms with Gasteiger partial charge in [-0.05, 0) is 17.7 Å². The zero-order valence-corrected chi connectivity index (χ0v) is 11.9. The summed E-state index contributed by atoms with van der Waals surface area (Å²) >= 11 is 0. The molecular formula is C19H18N2. The van der Waals surface area contributed by atoms with E-state index >= 15 is 0 Å². The molecule has 0 atom stereocenters. The van der Waals surface area contributed by atoms with E-state index in [1.54, 1.807) is 0 Å². The summed E-state index contributed by atoms with van der Waals surface area (Å²) < 4.78 is 2.36. The molecule has 3 rings (SSSR count). The molecule has 21 heavy (non-hydrogen) atoms. The average Bonchev–Trinajstić information content (AvgIpc) is 2.91. The average molecular weight is 274 g/mol. The highest BCUT2D eigenvalue weighted by molar-refractivity contribution is 5.87. The number of aromatic nitrogens is 1. The topological polar surface area (TPSA) is 17.0 Å². The van der Waals surface area contributed by atoms with Crippen LogP contribution in [0.2, 0.25) is 0 Å². The standard InChI is InChI=1S/C19H18N2/c1-2-12-20-13-14-21-18-11-7-6-10-17(18)15-19(21)16-8-4-3-5-9-16/h1,3-11,15,20H,12-14H2. The second-order valence-corrected chi connectivity index (χ2v) is 4.99. The number of nitrogens with zero attached hydrogens (tertiary/aromatic N) is 1. The molecule has 1 heterocycles. The largest absolute Gasteiger partial charge is 0.339 e. The van der Waals surface area contributed by atoms with E-state index in [0.717, 1.165) is 13.1 Å². The summed E-state index contributed by atoms with van der Waals surface area (Å²) in [6, 6.07) is 21.3. The van der Waals surface area contributed by atoms with E-state index < -0.39 is 0 Å². The van der Waals surface area contributed by atoms with Crippen LogP contribution in [0.1, 0.15) is 0 Å². The Bertz CT molecular complexity index is 763. The van der Waals surface area contributed by atoms with Crippen molar-refractivity contribution in [3.8, 4) is 23.6 Å². The van der Waals surface area contributed by atoms with Crippen molar-refractivity contribution >= 4 is 10.9 Å². The van der Waals surface area contributed by atoms with Crippen molar-refractivity contribution in [2.75, 3.05) is 13.1 Å². The van der Waals surface area contributed by atoms with Crippen LogP contribution in [-0.4, -0.2) is 17.7 Å². The Kier molecular flexibility index (Phi) is 4.04. The van der Waals surface area contributed by atoms with Crippen molar-refractivity contribution in [1.82, 2.24) is 9.88 Å². The first kappa shape index (κ1) is 13.5. The minimum atomic E-state index is 0.611. The van der Waals surface area contributed by atoms with Crippen LogP contribution in [0.3, 0.4) is 0 Å². The Balaban J connectivity index is 2.00. The maximum absolute atomic E-state index is 5.28. The Morgan fingerprint density at radius 2 is 1.76 bits per heavy atom. The molecule has 0 aliphatic carbocycles. The minimum absolute atomic E-state index is 0.611. The first-order chi connectivity index (χ1) is 10.4. The van der Waals surface area contributed by atoms with Crippen LogP contribution in [0.15, 0.2) is 60.7 Å². The number of terminal acetylenes is 1. The molecule has 1 N–H and O–H groups in total. The zero-order valence-electron chi connectivity index (χ0n) is 11.9. The molecule has 0 bridgehead atoms. The molecule has 3 aromatic rings. The van der Waals surface area contributed by atoms with Gasteiger partial charge in [-0.3, -0.25) is 0 Å². The number of hydrogen-bond acceptors (Lipinski definition) is 1. The predicted molar refractivity (Wildman–Crippen MR) is 89.1 cm³/mol. The van der Waals surface area contributed by atoms with Crippen molar-refractivity contribution in [3.63, 3.8) is 0 Å². The molecule has 0 amide bonds. The van der Waals surface area contributed by atoms with Gasteiger partial charge in [0.05, 0.1) is 6.54 Å². The van der Waals surface area contributed by atoms with Crippen molar-refractivity contribution in [2.24, 2.45) is 0 Å². The fourth-order valence-electron chi connectivity index (χ4n) is 2.65. The molecule has 0 radical (unpaired) electrons. The fourth-order valence-corrected chi connectivity index (χ4v) is 2.65. The molecule has 0 saturated carbocycles. The molecular weight excluding hydrogens is 256 g/mol. The van der Waals surface area contributed by atoms with Crippen LogP contribution in [0.25, 0.3) is 22.2 Å². The summed E-state index contributed by atoms with van der Waals surface area (Å²) in [6.45, 7) is 2.38. The third-order valence-corrected chi connectivity index (χ3v) is 3.62. The van der Waals surface area contributed by atoms with Crippen LogP contribution in [-0.2, 0) is 6.54 Å². The van der Waals surface area contributed by atoms with E-state index in [4.69, 9.17) is 6.42 Å². The third kappa shape index (κ3) is 2.84. The number of fused-ring (bicyclic) bond motifs is 1. The second kappa shape index (κ2) is 6.30. The van der Waals surface area contributed by atoms with Gasteiger partial charge in [0.15, 0.2) is 0 Å². The van der Waals surface area contributed by atoms with Crippen molar-refractivity contribution in [2.45, 2.75) is 6.54 Å². The monoisotopic (exact) mass is 274 g/mol. The molecule has 0 fully saturated rings. The second-order valence-electron chi connectivity index (χ2n) is 4.99. The van der Waals surface area contributed by atoms with E-state index in [1.807, 2.05) is 6.07 Å². The van der Waals surface area contributed by atoms with Gasteiger partial charge < -0.3 is 9.88 Å².